The number of hydrogen-bond acceptors (Lipinski definition) is 3. The fraction of sp³-hybridized carbons (Fsp3) is 0.632. The Balaban J connectivity index is 1.83. The fourth-order valence-corrected chi connectivity index (χ4v) is 3.02. The van der Waals surface area contributed by atoms with Crippen LogP contribution in [0.15, 0.2) is 24.3 Å². The summed E-state index contributed by atoms with van der Waals surface area (Å²) in [5.41, 5.74) is 1.03. The second-order valence-electron chi connectivity index (χ2n) is 6.48. The van der Waals surface area contributed by atoms with Gasteiger partial charge in [0.1, 0.15) is 12.4 Å². The van der Waals surface area contributed by atoms with Crippen LogP contribution in [0.5, 0.6) is 5.75 Å². The molecule has 5 nitrogen and oxygen atoms in total. The summed E-state index contributed by atoms with van der Waals surface area (Å²) < 4.78 is 5.94. The first-order chi connectivity index (χ1) is 11.6. The Hall–Kier alpha value is -1.75. The largest absolute Gasteiger partial charge is 0.492 e. The molecule has 5 heteroatoms. The molecule has 0 bridgehead atoms. The van der Waals surface area contributed by atoms with E-state index in [0.29, 0.717) is 19.1 Å². The van der Waals surface area contributed by atoms with Crippen molar-refractivity contribution in [1.29, 1.82) is 0 Å². The Morgan fingerprint density at radius 3 is 2.75 bits per heavy atom. The molecule has 1 unspecified atom stereocenters. The molecular formula is C19H31N3O2. The summed E-state index contributed by atoms with van der Waals surface area (Å²) in [4.78, 5) is 16.5. The molecule has 2 amide bonds. The lowest BCUT2D eigenvalue weighted by Gasteiger charge is -2.20. The van der Waals surface area contributed by atoms with Crippen molar-refractivity contribution in [3.63, 3.8) is 0 Å². The zero-order valence-corrected chi connectivity index (χ0v) is 15.3. The summed E-state index contributed by atoms with van der Waals surface area (Å²) in [5.74, 6) is 1.46. The molecule has 0 aliphatic carbocycles. The minimum absolute atomic E-state index is 0.0253. The van der Waals surface area contributed by atoms with E-state index in [1.165, 1.54) is 0 Å². The highest BCUT2D eigenvalue weighted by Crippen LogP contribution is 2.19. The van der Waals surface area contributed by atoms with Gasteiger partial charge in [-0.2, -0.15) is 0 Å². The van der Waals surface area contributed by atoms with Gasteiger partial charge in [0.05, 0.1) is 0 Å². The first kappa shape index (κ1) is 18.6. The van der Waals surface area contributed by atoms with E-state index in [9.17, 15) is 4.79 Å². The van der Waals surface area contributed by atoms with Crippen LogP contribution in [0.3, 0.4) is 0 Å². The van der Waals surface area contributed by atoms with E-state index < -0.39 is 0 Å². The van der Waals surface area contributed by atoms with Gasteiger partial charge < -0.3 is 19.9 Å². The lowest BCUT2D eigenvalue weighted by atomic mass is 10.2. The van der Waals surface area contributed by atoms with Crippen molar-refractivity contribution in [1.82, 2.24) is 15.1 Å². The van der Waals surface area contributed by atoms with Gasteiger partial charge in [0.15, 0.2) is 0 Å². The van der Waals surface area contributed by atoms with Crippen LogP contribution in [0.25, 0.3) is 0 Å². The third kappa shape index (κ3) is 5.41. The maximum absolute atomic E-state index is 12.2. The molecule has 24 heavy (non-hydrogen) atoms. The maximum Gasteiger partial charge on any atom is 0.317 e. The third-order valence-corrected chi connectivity index (χ3v) is 4.67. The van der Waals surface area contributed by atoms with E-state index in [2.05, 4.69) is 31.0 Å². The van der Waals surface area contributed by atoms with Crippen LogP contribution in [-0.2, 0) is 6.54 Å². The fourth-order valence-electron chi connectivity index (χ4n) is 3.02. The van der Waals surface area contributed by atoms with E-state index in [4.69, 9.17) is 4.74 Å². The summed E-state index contributed by atoms with van der Waals surface area (Å²) in [6.45, 7) is 12.4. The number of ether oxygens (including phenoxy) is 1. The van der Waals surface area contributed by atoms with Crippen LogP contribution in [0.1, 0.15) is 32.8 Å². The minimum atomic E-state index is 0.0253. The number of benzene rings is 1. The van der Waals surface area contributed by atoms with Crippen LogP contribution in [0.4, 0.5) is 4.79 Å². The van der Waals surface area contributed by atoms with Gasteiger partial charge >= 0.3 is 6.03 Å². The maximum atomic E-state index is 12.2. The van der Waals surface area contributed by atoms with Crippen LogP contribution in [0, 0.1) is 5.92 Å². The van der Waals surface area contributed by atoms with Crippen LogP contribution < -0.4 is 10.1 Å². The van der Waals surface area contributed by atoms with Crippen molar-refractivity contribution in [2.75, 3.05) is 39.3 Å². The highest BCUT2D eigenvalue weighted by Gasteiger charge is 2.22. The third-order valence-electron chi connectivity index (χ3n) is 4.67. The number of amides is 2. The molecule has 1 saturated heterocycles. The van der Waals surface area contributed by atoms with Crippen molar-refractivity contribution in [3.8, 4) is 5.75 Å². The molecule has 0 radical (unpaired) electrons. The van der Waals surface area contributed by atoms with Crippen LogP contribution >= 0.6 is 0 Å². The number of likely N-dealkylation sites (tertiary alicyclic amines) is 1. The van der Waals surface area contributed by atoms with Gasteiger partial charge in [-0.3, -0.25) is 0 Å². The Bertz CT molecular complexity index is 517. The van der Waals surface area contributed by atoms with Crippen LogP contribution in [-0.4, -0.2) is 55.2 Å². The molecule has 2 rings (SSSR count). The van der Waals surface area contributed by atoms with E-state index in [1.807, 2.05) is 29.2 Å². The highest BCUT2D eigenvalue weighted by molar-refractivity contribution is 5.74. The average Bonchev–Trinajstić information content (AvgIpc) is 3.04. The molecular weight excluding hydrogens is 302 g/mol. The number of rotatable bonds is 8. The van der Waals surface area contributed by atoms with Gasteiger partial charge in [0, 0.05) is 31.7 Å². The summed E-state index contributed by atoms with van der Waals surface area (Å²) in [5, 5.41) is 3.02. The number of likely N-dealkylation sites (N-methyl/N-ethyl adjacent to an activating group) is 1. The smallest absolute Gasteiger partial charge is 0.317 e. The molecule has 1 aromatic rings. The molecule has 0 aromatic heterocycles. The predicted molar refractivity (Wildman–Crippen MR) is 97.3 cm³/mol. The number of urea groups is 1. The molecule has 1 aliphatic rings. The molecule has 1 aliphatic heterocycles. The molecule has 1 N–H and O–H groups in total. The Morgan fingerprint density at radius 2 is 2.08 bits per heavy atom. The molecule has 0 saturated carbocycles. The molecule has 0 spiro atoms. The molecule has 1 heterocycles. The van der Waals surface area contributed by atoms with Gasteiger partial charge in [0.25, 0.3) is 0 Å². The zero-order chi connectivity index (χ0) is 17.4. The Kier molecular flexibility index (Phi) is 7.37. The highest BCUT2D eigenvalue weighted by atomic mass is 16.5. The first-order valence-corrected chi connectivity index (χ1v) is 9.09. The summed E-state index contributed by atoms with van der Waals surface area (Å²) in [7, 11) is 0. The monoisotopic (exact) mass is 333 g/mol. The predicted octanol–water partition coefficient (Wildman–Crippen LogP) is 2.96. The quantitative estimate of drug-likeness (QED) is 0.795. The molecule has 1 atom stereocenters. The number of para-hydroxylation sites is 1. The van der Waals surface area contributed by atoms with E-state index >= 15 is 0 Å². The van der Waals surface area contributed by atoms with E-state index in [-0.39, 0.29) is 6.03 Å². The van der Waals surface area contributed by atoms with Crippen molar-refractivity contribution in [3.05, 3.63) is 29.8 Å². The van der Waals surface area contributed by atoms with Gasteiger partial charge in [0.2, 0.25) is 0 Å². The van der Waals surface area contributed by atoms with Crippen molar-refractivity contribution in [2.24, 2.45) is 5.92 Å². The van der Waals surface area contributed by atoms with Gasteiger partial charge in [-0.1, -0.05) is 39.0 Å². The average molecular weight is 333 g/mol. The minimum Gasteiger partial charge on any atom is -0.492 e. The van der Waals surface area contributed by atoms with Crippen molar-refractivity contribution >= 4 is 6.03 Å². The van der Waals surface area contributed by atoms with Crippen LogP contribution in [0.2, 0.25) is 0 Å². The standard InChI is InChI=1S/C19H31N3O2/c1-4-21(5-2)12-13-24-18-9-7-6-8-17(18)14-20-19(23)22-11-10-16(3)15-22/h6-9,16H,4-5,10-15H2,1-3H3,(H,20,23). The number of nitrogens with one attached hydrogen (secondary N) is 1. The summed E-state index contributed by atoms with van der Waals surface area (Å²) in [6, 6.07) is 7.97. The van der Waals surface area contributed by atoms with Gasteiger partial charge in [-0.05, 0) is 31.5 Å². The van der Waals surface area contributed by atoms with E-state index in [0.717, 1.165) is 50.5 Å². The van der Waals surface area contributed by atoms with E-state index in [1.54, 1.807) is 0 Å². The topological polar surface area (TPSA) is 44.8 Å². The van der Waals surface area contributed by atoms with Crippen molar-refractivity contribution in [2.45, 2.75) is 33.7 Å². The summed E-state index contributed by atoms with van der Waals surface area (Å²) >= 11 is 0. The lowest BCUT2D eigenvalue weighted by molar-refractivity contribution is 0.206. The molecule has 1 fully saturated rings. The number of hydrogen-bond donors (Lipinski definition) is 1. The normalized spacial score (nSPS) is 17.3. The molecule has 134 valence electrons. The van der Waals surface area contributed by atoms with Gasteiger partial charge in [-0.25, -0.2) is 4.79 Å². The SMILES string of the molecule is CCN(CC)CCOc1ccccc1CNC(=O)N1CCC(C)C1. The second-order valence-corrected chi connectivity index (χ2v) is 6.48. The first-order valence-electron chi connectivity index (χ1n) is 9.09. The van der Waals surface area contributed by atoms with Gasteiger partial charge in [-0.15, -0.1) is 0 Å². The molecule has 1 aromatic carbocycles. The zero-order valence-electron chi connectivity index (χ0n) is 15.3. The summed E-state index contributed by atoms with van der Waals surface area (Å²) in [6.07, 6.45) is 1.10. The lowest BCUT2D eigenvalue weighted by Crippen LogP contribution is -2.38. The number of carbonyl (C=O) groups is 1. The second kappa shape index (κ2) is 9.52. The van der Waals surface area contributed by atoms with Crippen molar-refractivity contribution < 1.29 is 9.53 Å². The Labute approximate surface area is 146 Å². The number of carbonyl (C=O) groups excluding carboxylic acids is 1. The number of nitrogens with zero attached hydrogens (tertiary/aromatic N) is 2. The Morgan fingerprint density at radius 1 is 1.33 bits per heavy atom.